The molecule has 220 valence electrons. The molecule has 9 heteroatoms. The number of rotatable bonds is 13. The predicted molar refractivity (Wildman–Crippen MR) is 162 cm³/mol. The van der Waals surface area contributed by atoms with Crippen molar-refractivity contribution in [3.05, 3.63) is 101 Å². The van der Waals surface area contributed by atoms with Crippen molar-refractivity contribution in [2.75, 3.05) is 17.1 Å². The van der Waals surface area contributed by atoms with Crippen molar-refractivity contribution in [2.24, 2.45) is 0 Å². The van der Waals surface area contributed by atoms with Crippen molar-refractivity contribution in [2.45, 2.75) is 65.1 Å². The summed E-state index contributed by atoms with van der Waals surface area (Å²) in [5, 5.41) is 2.99. The zero-order valence-electron chi connectivity index (χ0n) is 24.4. The zero-order valence-corrected chi connectivity index (χ0v) is 25.2. The minimum absolute atomic E-state index is 0.00553. The van der Waals surface area contributed by atoms with Gasteiger partial charge in [-0.25, -0.2) is 12.8 Å². The van der Waals surface area contributed by atoms with Gasteiger partial charge in [0.15, 0.2) is 0 Å². The lowest BCUT2D eigenvalue weighted by Crippen LogP contribution is -2.54. The highest BCUT2D eigenvalue weighted by molar-refractivity contribution is 7.92. The van der Waals surface area contributed by atoms with Gasteiger partial charge in [0.25, 0.3) is 0 Å². The molecule has 0 fully saturated rings. The van der Waals surface area contributed by atoms with Gasteiger partial charge in [0.1, 0.15) is 18.4 Å². The summed E-state index contributed by atoms with van der Waals surface area (Å²) in [4.78, 5) is 29.1. The predicted octanol–water partition coefficient (Wildman–Crippen LogP) is 5.27. The van der Waals surface area contributed by atoms with E-state index in [1.165, 1.54) is 17.0 Å². The van der Waals surface area contributed by atoms with Gasteiger partial charge in [-0.3, -0.25) is 13.9 Å². The standard InChI is InChI=1S/C32H40FN3O4S/c1-6-24(4)34-32(38)30(20-25-10-8-7-9-11-25)35(21-26-12-16-28(33)17-13-26)31(37)22-36(41(5,39)40)29-18-14-27(15-19-29)23(2)3/h7-19,23-24,30H,6,20-22H2,1-5H3,(H,34,38)/t24-,30+/m0/s1. The van der Waals surface area contributed by atoms with Crippen LogP contribution in [0, 0.1) is 5.82 Å². The topological polar surface area (TPSA) is 86.8 Å². The molecule has 0 aromatic heterocycles. The average molecular weight is 582 g/mol. The van der Waals surface area contributed by atoms with E-state index in [9.17, 15) is 22.4 Å². The molecule has 2 amide bonds. The fourth-order valence-electron chi connectivity index (χ4n) is 4.42. The Morgan fingerprint density at radius 2 is 1.49 bits per heavy atom. The number of hydrogen-bond donors (Lipinski definition) is 1. The molecule has 0 aliphatic heterocycles. The van der Waals surface area contributed by atoms with Crippen LogP contribution < -0.4 is 9.62 Å². The fraction of sp³-hybridized carbons (Fsp3) is 0.375. The lowest BCUT2D eigenvalue weighted by molar-refractivity contribution is -0.140. The lowest BCUT2D eigenvalue weighted by atomic mass is 10.0. The molecule has 7 nitrogen and oxygen atoms in total. The number of carbonyl (C=O) groups excluding carboxylic acids is 2. The second kappa shape index (κ2) is 14.3. The molecule has 0 aliphatic rings. The molecular weight excluding hydrogens is 541 g/mol. The van der Waals surface area contributed by atoms with E-state index in [4.69, 9.17) is 0 Å². The SMILES string of the molecule is CC[C@H](C)NC(=O)[C@@H](Cc1ccccc1)N(Cc1ccc(F)cc1)C(=O)CN(c1ccc(C(C)C)cc1)S(C)(=O)=O. The van der Waals surface area contributed by atoms with Crippen molar-refractivity contribution in [1.82, 2.24) is 10.2 Å². The molecule has 0 spiro atoms. The molecule has 2 atom stereocenters. The van der Waals surface area contributed by atoms with E-state index < -0.39 is 34.3 Å². The van der Waals surface area contributed by atoms with Gasteiger partial charge in [0.2, 0.25) is 21.8 Å². The molecule has 3 aromatic rings. The van der Waals surface area contributed by atoms with Crippen molar-refractivity contribution in [1.29, 1.82) is 0 Å². The molecule has 0 radical (unpaired) electrons. The summed E-state index contributed by atoms with van der Waals surface area (Å²) in [7, 11) is -3.85. The molecular formula is C32H40FN3O4S. The molecule has 0 saturated carbocycles. The van der Waals surface area contributed by atoms with Crippen molar-refractivity contribution in [3.63, 3.8) is 0 Å². The second-order valence-electron chi connectivity index (χ2n) is 10.7. The smallest absolute Gasteiger partial charge is 0.244 e. The normalized spacial score (nSPS) is 13.0. The molecule has 0 heterocycles. The molecule has 3 aromatic carbocycles. The fourth-order valence-corrected chi connectivity index (χ4v) is 5.27. The summed E-state index contributed by atoms with van der Waals surface area (Å²) < 4.78 is 40.6. The quantitative estimate of drug-likeness (QED) is 0.298. The monoisotopic (exact) mass is 581 g/mol. The van der Waals surface area contributed by atoms with Crippen LogP contribution >= 0.6 is 0 Å². The van der Waals surface area contributed by atoms with Crippen LogP contribution in [0.15, 0.2) is 78.9 Å². The van der Waals surface area contributed by atoms with Crippen molar-refractivity contribution >= 4 is 27.5 Å². The van der Waals surface area contributed by atoms with Crippen LogP contribution in [0.4, 0.5) is 10.1 Å². The maximum Gasteiger partial charge on any atom is 0.244 e. The van der Waals surface area contributed by atoms with E-state index in [-0.39, 0.29) is 30.8 Å². The Hall–Kier alpha value is -3.72. The third-order valence-electron chi connectivity index (χ3n) is 7.07. The highest BCUT2D eigenvalue weighted by atomic mass is 32.2. The lowest BCUT2D eigenvalue weighted by Gasteiger charge is -2.34. The number of nitrogens with one attached hydrogen (secondary N) is 1. The van der Waals surface area contributed by atoms with E-state index in [1.54, 1.807) is 24.3 Å². The Morgan fingerprint density at radius 3 is 2.02 bits per heavy atom. The number of nitrogens with zero attached hydrogens (tertiary/aromatic N) is 2. The largest absolute Gasteiger partial charge is 0.352 e. The van der Waals surface area contributed by atoms with E-state index >= 15 is 0 Å². The number of amides is 2. The maximum atomic E-state index is 14.1. The molecule has 0 bridgehead atoms. The average Bonchev–Trinajstić information content (AvgIpc) is 2.94. The second-order valence-corrected chi connectivity index (χ2v) is 12.6. The summed E-state index contributed by atoms with van der Waals surface area (Å²) in [6, 6.07) is 21.0. The number of hydrogen-bond acceptors (Lipinski definition) is 4. The summed E-state index contributed by atoms with van der Waals surface area (Å²) >= 11 is 0. The van der Waals surface area contributed by atoms with Crippen molar-refractivity contribution < 1.29 is 22.4 Å². The first-order chi connectivity index (χ1) is 19.4. The van der Waals surface area contributed by atoms with Crippen LogP contribution in [0.5, 0.6) is 0 Å². The van der Waals surface area contributed by atoms with Gasteiger partial charge < -0.3 is 10.2 Å². The number of sulfonamides is 1. The molecule has 0 unspecified atom stereocenters. The van der Waals surface area contributed by atoms with Gasteiger partial charge >= 0.3 is 0 Å². The number of carbonyl (C=O) groups is 2. The van der Waals surface area contributed by atoms with Crippen LogP contribution in [0.2, 0.25) is 0 Å². The van der Waals surface area contributed by atoms with Crippen molar-refractivity contribution in [3.8, 4) is 0 Å². The Morgan fingerprint density at radius 1 is 0.878 bits per heavy atom. The van der Waals surface area contributed by atoms with Crippen LogP contribution in [0.25, 0.3) is 0 Å². The van der Waals surface area contributed by atoms with Gasteiger partial charge in [0, 0.05) is 19.0 Å². The Kier molecular flexibility index (Phi) is 11.1. The first-order valence-corrected chi connectivity index (χ1v) is 15.7. The number of benzene rings is 3. The van der Waals surface area contributed by atoms with Crippen LogP contribution in [-0.2, 0) is 32.6 Å². The van der Waals surface area contributed by atoms with E-state index in [0.29, 0.717) is 17.7 Å². The third-order valence-corrected chi connectivity index (χ3v) is 8.21. The minimum Gasteiger partial charge on any atom is -0.352 e. The highest BCUT2D eigenvalue weighted by Crippen LogP contribution is 2.23. The molecule has 41 heavy (non-hydrogen) atoms. The third kappa shape index (κ3) is 9.14. The Balaban J connectivity index is 2.04. The molecule has 0 aliphatic carbocycles. The summed E-state index contributed by atoms with van der Waals surface area (Å²) in [5.74, 6) is -1.06. The van der Waals surface area contributed by atoms with Gasteiger partial charge in [-0.1, -0.05) is 75.4 Å². The number of halogens is 1. The van der Waals surface area contributed by atoms with Gasteiger partial charge in [0.05, 0.1) is 11.9 Å². The van der Waals surface area contributed by atoms with Crippen LogP contribution in [0.3, 0.4) is 0 Å². The van der Waals surface area contributed by atoms with Gasteiger partial charge in [-0.2, -0.15) is 0 Å². The summed E-state index contributed by atoms with van der Waals surface area (Å²) in [5.41, 5.74) is 2.85. The number of anilines is 1. The molecule has 3 rings (SSSR count). The Labute approximate surface area is 243 Å². The van der Waals surface area contributed by atoms with Crippen LogP contribution in [0.1, 0.15) is 56.7 Å². The maximum absolute atomic E-state index is 14.1. The van der Waals surface area contributed by atoms with E-state index in [0.717, 1.165) is 21.7 Å². The van der Waals surface area contributed by atoms with Gasteiger partial charge in [-0.15, -0.1) is 0 Å². The van der Waals surface area contributed by atoms with E-state index in [1.807, 2.05) is 70.2 Å². The highest BCUT2D eigenvalue weighted by Gasteiger charge is 2.33. The summed E-state index contributed by atoms with van der Waals surface area (Å²) in [6.07, 6.45) is 1.97. The minimum atomic E-state index is -3.85. The first kappa shape index (κ1) is 31.8. The van der Waals surface area contributed by atoms with E-state index in [2.05, 4.69) is 5.32 Å². The van der Waals surface area contributed by atoms with Gasteiger partial charge in [-0.05, 0) is 60.2 Å². The molecule has 0 saturated heterocycles. The Bertz CT molecular complexity index is 1400. The zero-order chi connectivity index (χ0) is 30.2. The van der Waals surface area contributed by atoms with Crippen LogP contribution in [-0.4, -0.2) is 50.0 Å². The molecule has 1 N–H and O–H groups in total. The summed E-state index contributed by atoms with van der Waals surface area (Å²) in [6.45, 7) is 7.41. The first-order valence-electron chi connectivity index (χ1n) is 13.8.